The van der Waals surface area contributed by atoms with E-state index in [4.69, 9.17) is 0 Å². The molecule has 1 aromatic rings. The molecule has 0 aliphatic heterocycles. The van der Waals surface area contributed by atoms with E-state index >= 15 is 0 Å². The van der Waals surface area contributed by atoms with Crippen molar-refractivity contribution in [1.82, 2.24) is 10.3 Å². The van der Waals surface area contributed by atoms with E-state index in [2.05, 4.69) is 22.6 Å². The summed E-state index contributed by atoms with van der Waals surface area (Å²) >= 11 is 0. The van der Waals surface area contributed by atoms with Crippen molar-refractivity contribution in [3.8, 4) is 0 Å². The third-order valence-corrected chi connectivity index (χ3v) is 4.26. The summed E-state index contributed by atoms with van der Waals surface area (Å²) in [6.07, 6.45) is 11.5. The molecule has 0 unspecified atom stereocenters. The Labute approximate surface area is 91.5 Å². The molecule has 0 aromatic carbocycles. The van der Waals surface area contributed by atoms with Gasteiger partial charge in [-0.1, -0.05) is 6.42 Å². The van der Waals surface area contributed by atoms with Crippen molar-refractivity contribution in [3.63, 3.8) is 0 Å². The van der Waals surface area contributed by atoms with Crippen LogP contribution in [-0.4, -0.2) is 11.5 Å². The van der Waals surface area contributed by atoms with Crippen LogP contribution in [0.3, 0.4) is 0 Å². The Hall–Kier alpha value is -0.760. The molecular weight excluding hydrogens is 184 g/mol. The Morgan fingerprint density at radius 3 is 2.80 bits per heavy atom. The normalized spacial score (nSPS) is 23.7. The van der Waals surface area contributed by atoms with E-state index in [9.17, 15) is 0 Å². The summed E-state index contributed by atoms with van der Waals surface area (Å²) in [6.45, 7) is 2.26. The van der Waals surface area contributed by atoms with Gasteiger partial charge in [0.15, 0.2) is 0 Å². The number of rotatable bonds is 5. The zero-order chi connectivity index (χ0) is 10.1. The highest BCUT2D eigenvalue weighted by molar-refractivity contribution is 5.08. The van der Waals surface area contributed by atoms with Crippen molar-refractivity contribution in [2.24, 2.45) is 11.3 Å². The number of aromatic nitrogens is 1. The first-order valence-electron chi connectivity index (χ1n) is 6.21. The lowest BCUT2D eigenvalue weighted by Gasteiger charge is -2.43. The molecule has 2 heteroatoms. The maximum atomic E-state index is 3.63. The van der Waals surface area contributed by atoms with Gasteiger partial charge in [-0.2, -0.15) is 0 Å². The number of aromatic amines is 1. The fourth-order valence-corrected chi connectivity index (χ4v) is 2.98. The van der Waals surface area contributed by atoms with E-state index in [0.717, 1.165) is 12.5 Å². The molecule has 2 aliphatic carbocycles. The molecule has 0 saturated heterocycles. The van der Waals surface area contributed by atoms with Crippen molar-refractivity contribution < 1.29 is 0 Å². The van der Waals surface area contributed by atoms with Crippen molar-refractivity contribution >= 4 is 0 Å². The second-order valence-corrected chi connectivity index (χ2v) is 5.31. The van der Waals surface area contributed by atoms with E-state index in [-0.39, 0.29) is 0 Å². The topological polar surface area (TPSA) is 27.8 Å². The van der Waals surface area contributed by atoms with Crippen molar-refractivity contribution in [3.05, 3.63) is 24.0 Å². The van der Waals surface area contributed by atoms with Gasteiger partial charge in [-0.15, -0.1) is 0 Å². The fraction of sp³-hybridized carbons (Fsp3) is 0.692. The molecule has 2 nitrogen and oxygen atoms in total. The number of hydrogen-bond acceptors (Lipinski definition) is 1. The lowest BCUT2D eigenvalue weighted by molar-refractivity contribution is 0.0987. The van der Waals surface area contributed by atoms with Crippen LogP contribution in [0.2, 0.25) is 0 Å². The van der Waals surface area contributed by atoms with Gasteiger partial charge in [-0.05, 0) is 48.6 Å². The predicted molar refractivity (Wildman–Crippen MR) is 61.5 cm³/mol. The van der Waals surface area contributed by atoms with Crippen LogP contribution in [0.4, 0.5) is 0 Å². The third kappa shape index (κ3) is 1.83. The standard InChI is InChI=1S/C13H20N2/c1-5-13(6-1,12-2-3-12)10-15-9-11-4-7-14-8-11/h4,7-8,12,14-15H,1-3,5-6,9-10H2. The highest BCUT2D eigenvalue weighted by atomic mass is 14.9. The number of nitrogens with one attached hydrogen (secondary N) is 2. The summed E-state index contributed by atoms with van der Waals surface area (Å²) in [4.78, 5) is 3.10. The Bertz CT molecular complexity index is 307. The lowest BCUT2D eigenvalue weighted by Crippen LogP contribution is -2.41. The molecule has 2 saturated carbocycles. The number of hydrogen-bond donors (Lipinski definition) is 2. The van der Waals surface area contributed by atoms with Crippen LogP contribution < -0.4 is 5.32 Å². The molecular formula is C13H20N2. The van der Waals surface area contributed by atoms with Crippen LogP contribution in [0, 0.1) is 11.3 Å². The average molecular weight is 204 g/mol. The largest absolute Gasteiger partial charge is 0.367 e. The lowest BCUT2D eigenvalue weighted by atomic mass is 9.65. The minimum absolute atomic E-state index is 0.705. The first kappa shape index (κ1) is 9.46. The molecule has 0 atom stereocenters. The Morgan fingerprint density at radius 2 is 2.27 bits per heavy atom. The van der Waals surface area contributed by atoms with Gasteiger partial charge in [0.1, 0.15) is 0 Å². The monoisotopic (exact) mass is 204 g/mol. The summed E-state index contributed by atoms with van der Waals surface area (Å²) < 4.78 is 0. The van der Waals surface area contributed by atoms with Gasteiger partial charge in [-0.25, -0.2) is 0 Å². The second kappa shape index (κ2) is 3.67. The third-order valence-electron chi connectivity index (χ3n) is 4.26. The molecule has 1 aromatic heterocycles. The van der Waals surface area contributed by atoms with Crippen molar-refractivity contribution in [2.45, 2.75) is 38.6 Å². The van der Waals surface area contributed by atoms with Gasteiger partial charge in [0.2, 0.25) is 0 Å². The maximum absolute atomic E-state index is 3.63. The van der Waals surface area contributed by atoms with Gasteiger partial charge in [0.05, 0.1) is 0 Å². The number of H-pyrrole nitrogens is 1. The highest BCUT2D eigenvalue weighted by Crippen LogP contribution is 2.56. The molecule has 1 heterocycles. The predicted octanol–water partition coefficient (Wildman–Crippen LogP) is 2.68. The molecule has 0 spiro atoms. The zero-order valence-electron chi connectivity index (χ0n) is 9.26. The van der Waals surface area contributed by atoms with E-state index in [0.29, 0.717) is 5.41 Å². The van der Waals surface area contributed by atoms with Gasteiger partial charge in [0, 0.05) is 25.5 Å². The van der Waals surface area contributed by atoms with Crippen LogP contribution in [0.1, 0.15) is 37.7 Å². The molecule has 0 bridgehead atoms. The first-order chi connectivity index (χ1) is 7.39. The Morgan fingerprint density at radius 1 is 1.40 bits per heavy atom. The van der Waals surface area contributed by atoms with Crippen LogP contribution in [-0.2, 0) is 6.54 Å². The smallest absolute Gasteiger partial charge is 0.0220 e. The van der Waals surface area contributed by atoms with E-state index in [1.165, 1.54) is 44.2 Å². The minimum atomic E-state index is 0.705. The van der Waals surface area contributed by atoms with Crippen LogP contribution in [0.5, 0.6) is 0 Å². The summed E-state index contributed by atoms with van der Waals surface area (Å²) in [5.41, 5.74) is 2.08. The van der Waals surface area contributed by atoms with E-state index in [1.807, 2.05) is 6.20 Å². The van der Waals surface area contributed by atoms with Crippen LogP contribution >= 0.6 is 0 Å². The van der Waals surface area contributed by atoms with E-state index in [1.54, 1.807) is 0 Å². The van der Waals surface area contributed by atoms with Crippen molar-refractivity contribution in [2.75, 3.05) is 6.54 Å². The van der Waals surface area contributed by atoms with E-state index < -0.39 is 0 Å². The van der Waals surface area contributed by atoms with Gasteiger partial charge in [0.25, 0.3) is 0 Å². The first-order valence-corrected chi connectivity index (χ1v) is 6.21. The molecule has 2 aliphatic rings. The molecule has 0 amide bonds. The van der Waals surface area contributed by atoms with Crippen LogP contribution in [0.15, 0.2) is 18.5 Å². The summed E-state index contributed by atoms with van der Waals surface area (Å²) in [5, 5.41) is 3.63. The molecule has 2 fully saturated rings. The Balaban J connectivity index is 1.48. The maximum Gasteiger partial charge on any atom is 0.0220 e. The average Bonchev–Trinajstić information content (AvgIpc) is 2.89. The highest BCUT2D eigenvalue weighted by Gasteiger charge is 2.48. The summed E-state index contributed by atoms with van der Waals surface area (Å²) in [5.74, 6) is 1.06. The molecule has 2 N–H and O–H groups in total. The Kier molecular flexibility index (Phi) is 2.32. The second-order valence-electron chi connectivity index (χ2n) is 5.31. The summed E-state index contributed by atoms with van der Waals surface area (Å²) in [7, 11) is 0. The molecule has 15 heavy (non-hydrogen) atoms. The van der Waals surface area contributed by atoms with Gasteiger partial charge in [-0.3, -0.25) is 0 Å². The van der Waals surface area contributed by atoms with Crippen molar-refractivity contribution in [1.29, 1.82) is 0 Å². The quantitative estimate of drug-likeness (QED) is 0.758. The molecule has 0 radical (unpaired) electrons. The molecule has 82 valence electrons. The van der Waals surface area contributed by atoms with Gasteiger partial charge < -0.3 is 10.3 Å². The zero-order valence-corrected chi connectivity index (χ0v) is 9.26. The van der Waals surface area contributed by atoms with Crippen LogP contribution in [0.25, 0.3) is 0 Å². The summed E-state index contributed by atoms with van der Waals surface area (Å²) in [6, 6.07) is 2.15. The fourth-order valence-electron chi connectivity index (χ4n) is 2.98. The molecule has 3 rings (SSSR count). The SMILES string of the molecule is c1cc(CNCC2(C3CC3)CCC2)c[nH]1. The minimum Gasteiger partial charge on any atom is -0.367 e. The van der Waals surface area contributed by atoms with Gasteiger partial charge >= 0.3 is 0 Å².